The molecule has 2 unspecified atom stereocenters. The van der Waals surface area contributed by atoms with E-state index in [0.29, 0.717) is 12.0 Å². The van der Waals surface area contributed by atoms with Gasteiger partial charge in [-0.3, -0.25) is 0 Å². The van der Waals surface area contributed by atoms with E-state index < -0.39 is 0 Å². The first-order valence-corrected chi connectivity index (χ1v) is 6.42. The lowest BCUT2D eigenvalue weighted by molar-refractivity contribution is 0.136. The molecule has 3 nitrogen and oxygen atoms in total. The van der Waals surface area contributed by atoms with Crippen molar-refractivity contribution in [1.82, 2.24) is 9.55 Å². The molecule has 16 heavy (non-hydrogen) atoms. The van der Waals surface area contributed by atoms with Crippen LogP contribution in [-0.2, 0) is 0 Å². The van der Waals surface area contributed by atoms with Gasteiger partial charge in [0.05, 0.1) is 24.3 Å². The van der Waals surface area contributed by atoms with Gasteiger partial charge in [0.1, 0.15) is 0 Å². The third-order valence-corrected chi connectivity index (χ3v) is 3.38. The summed E-state index contributed by atoms with van der Waals surface area (Å²) in [7, 11) is 0. The monoisotopic (exact) mass is 222 g/mol. The Kier molecular flexibility index (Phi) is 3.64. The maximum Gasteiger partial charge on any atom is 0.0958 e. The van der Waals surface area contributed by atoms with Crippen LogP contribution in [0.25, 0.3) is 0 Å². The molecule has 1 heterocycles. The minimum absolute atomic E-state index is 0.343. The zero-order chi connectivity index (χ0) is 11.5. The number of rotatable bonds is 6. The van der Waals surface area contributed by atoms with Gasteiger partial charge in [0.15, 0.2) is 0 Å². The molecule has 0 spiro atoms. The van der Waals surface area contributed by atoms with Crippen LogP contribution in [0, 0.1) is 5.92 Å². The van der Waals surface area contributed by atoms with Crippen LogP contribution in [0.15, 0.2) is 12.5 Å². The molecule has 1 aromatic heterocycles. The van der Waals surface area contributed by atoms with Crippen LogP contribution in [-0.4, -0.2) is 14.7 Å². The number of nitrogens with zero attached hydrogens (tertiary/aromatic N) is 2. The lowest BCUT2D eigenvalue weighted by Crippen LogP contribution is -2.09. The average molecular weight is 222 g/mol. The highest BCUT2D eigenvalue weighted by Crippen LogP contribution is 2.37. The highest BCUT2D eigenvalue weighted by atomic mass is 16.3. The van der Waals surface area contributed by atoms with E-state index in [1.165, 1.54) is 25.7 Å². The molecule has 1 saturated carbocycles. The van der Waals surface area contributed by atoms with Crippen LogP contribution in [0.4, 0.5) is 0 Å². The van der Waals surface area contributed by atoms with Gasteiger partial charge in [-0.1, -0.05) is 26.7 Å². The summed E-state index contributed by atoms with van der Waals surface area (Å²) in [6.07, 6.45) is 9.05. The maximum absolute atomic E-state index is 10.2. The lowest BCUT2D eigenvalue weighted by Gasteiger charge is -2.17. The number of hydrogen-bond acceptors (Lipinski definition) is 2. The first-order valence-electron chi connectivity index (χ1n) is 6.42. The number of aliphatic hydroxyl groups is 1. The predicted molar refractivity (Wildman–Crippen MR) is 64.1 cm³/mol. The van der Waals surface area contributed by atoms with Gasteiger partial charge in [0.2, 0.25) is 0 Å². The van der Waals surface area contributed by atoms with Crippen LogP contribution < -0.4 is 0 Å². The molecular weight excluding hydrogens is 200 g/mol. The van der Waals surface area contributed by atoms with Gasteiger partial charge in [-0.2, -0.15) is 0 Å². The molecule has 1 aromatic rings. The third-order valence-electron chi connectivity index (χ3n) is 3.38. The van der Waals surface area contributed by atoms with E-state index in [1.807, 2.05) is 12.5 Å². The third kappa shape index (κ3) is 2.64. The van der Waals surface area contributed by atoms with E-state index in [4.69, 9.17) is 0 Å². The number of aromatic nitrogens is 2. The molecule has 1 aliphatic rings. The highest BCUT2D eigenvalue weighted by Gasteiger charge is 2.27. The molecule has 0 bridgehead atoms. The van der Waals surface area contributed by atoms with Gasteiger partial charge in [0, 0.05) is 6.04 Å². The van der Waals surface area contributed by atoms with Crippen LogP contribution in [0.2, 0.25) is 0 Å². The highest BCUT2D eigenvalue weighted by molar-refractivity contribution is 5.07. The van der Waals surface area contributed by atoms with Gasteiger partial charge < -0.3 is 9.67 Å². The summed E-state index contributed by atoms with van der Waals surface area (Å²) in [6, 6.07) is 0.605. The molecule has 0 radical (unpaired) electrons. The van der Waals surface area contributed by atoms with Crippen molar-refractivity contribution >= 4 is 0 Å². The topological polar surface area (TPSA) is 38.1 Å². The molecule has 1 N–H and O–H groups in total. The van der Waals surface area contributed by atoms with Crippen LogP contribution in [0.3, 0.4) is 0 Å². The Bertz CT molecular complexity index is 330. The van der Waals surface area contributed by atoms with E-state index in [0.717, 1.165) is 12.1 Å². The summed E-state index contributed by atoms with van der Waals surface area (Å²) in [5.74, 6) is 0.586. The molecule has 2 atom stereocenters. The van der Waals surface area contributed by atoms with Crippen molar-refractivity contribution in [3.8, 4) is 0 Å². The Labute approximate surface area is 97.5 Å². The number of hydrogen-bond donors (Lipinski definition) is 1. The Balaban J connectivity index is 1.97. The molecule has 0 aromatic carbocycles. The van der Waals surface area contributed by atoms with Gasteiger partial charge >= 0.3 is 0 Å². The zero-order valence-corrected chi connectivity index (χ0v) is 10.3. The van der Waals surface area contributed by atoms with Gasteiger partial charge in [-0.25, -0.2) is 4.98 Å². The van der Waals surface area contributed by atoms with E-state index in [-0.39, 0.29) is 6.10 Å². The summed E-state index contributed by atoms with van der Waals surface area (Å²) in [4.78, 5) is 4.16. The van der Waals surface area contributed by atoms with E-state index >= 15 is 0 Å². The molecule has 1 aliphatic carbocycles. The molecule has 90 valence electrons. The molecule has 2 rings (SSSR count). The molecule has 3 heteroatoms. The molecular formula is C13H22N2O. The SMILES string of the molecule is CCCC(C)CC(O)c1cncn1C1CC1. The zero-order valence-electron chi connectivity index (χ0n) is 10.3. The minimum atomic E-state index is -0.343. The second-order valence-electron chi connectivity index (χ2n) is 5.10. The minimum Gasteiger partial charge on any atom is -0.387 e. The molecule has 0 amide bonds. The average Bonchev–Trinajstić information content (AvgIpc) is 2.96. The van der Waals surface area contributed by atoms with Crippen molar-refractivity contribution in [2.24, 2.45) is 5.92 Å². The molecule has 1 fully saturated rings. The normalized spacial score (nSPS) is 19.7. The summed E-state index contributed by atoms with van der Waals surface area (Å²) >= 11 is 0. The van der Waals surface area contributed by atoms with Crippen molar-refractivity contribution in [2.45, 2.75) is 58.1 Å². The number of aliphatic hydroxyl groups excluding tert-OH is 1. The summed E-state index contributed by atoms with van der Waals surface area (Å²) in [6.45, 7) is 4.40. The van der Waals surface area contributed by atoms with Gasteiger partial charge in [0.25, 0.3) is 0 Å². The quantitative estimate of drug-likeness (QED) is 0.803. The fraction of sp³-hybridized carbons (Fsp3) is 0.769. The van der Waals surface area contributed by atoms with Crippen molar-refractivity contribution in [3.05, 3.63) is 18.2 Å². The van der Waals surface area contributed by atoms with Gasteiger partial charge in [-0.05, 0) is 25.2 Å². The fourth-order valence-corrected chi connectivity index (χ4v) is 2.34. The van der Waals surface area contributed by atoms with Crippen molar-refractivity contribution in [3.63, 3.8) is 0 Å². The summed E-state index contributed by atoms with van der Waals surface area (Å²) < 4.78 is 2.16. The molecule has 0 saturated heterocycles. The lowest BCUT2D eigenvalue weighted by atomic mass is 9.97. The first-order chi connectivity index (χ1) is 7.72. The fourth-order valence-electron chi connectivity index (χ4n) is 2.34. The van der Waals surface area contributed by atoms with E-state index in [1.54, 1.807) is 0 Å². The standard InChI is InChI=1S/C13H22N2O/c1-3-4-10(2)7-13(16)12-8-14-9-15(12)11-5-6-11/h8-11,13,16H,3-7H2,1-2H3. The maximum atomic E-state index is 10.2. The largest absolute Gasteiger partial charge is 0.387 e. The van der Waals surface area contributed by atoms with E-state index in [9.17, 15) is 5.11 Å². The van der Waals surface area contributed by atoms with Crippen molar-refractivity contribution in [1.29, 1.82) is 0 Å². The predicted octanol–water partition coefficient (Wildman–Crippen LogP) is 3.08. The molecule has 0 aliphatic heterocycles. The van der Waals surface area contributed by atoms with Crippen LogP contribution >= 0.6 is 0 Å². The summed E-state index contributed by atoms with van der Waals surface area (Å²) in [5, 5.41) is 10.2. The first kappa shape index (κ1) is 11.6. The smallest absolute Gasteiger partial charge is 0.0958 e. The Morgan fingerprint density at radius 1 is 1.56 bits per heavy atom. The second kappa shape index (κ2) is 5.00. The van der Waals surface area contributed by atoms with Crippen LogP contribution in [0.5, 0.6) is 0 Å². The van der Waals surface area contributed by atoms with Crippen molar-refractivity contribution < 1.29 is 5.11 Å². The number of imidazole rings is 1. The Morgan fingerprint density at radius 2 is 2.31 bits per heavy atom. The Hall–Kier alpha value is -0.830. The summed E-state index contributed by atoms with van der Waals surface area (Å²) in [5.41, 5.74) is 1.01. The second-order valence-corrected chi connectivity index (χ2v) is 5.10. The van der Waals surface area contributed by atoms with Gasteiger partial charge in [-0.15, -0.1) is 0 Å². The van der Waals surface area contributed by atoms with E-state index in [2.05, 4.69) is 23.4 Å². The van der Waals surface area contributed by atoms with Crippen LogP contribution in [0.1, 0.15) is 63.8 Å². The van der Waals surface area contributed by atoms with Crippen molar-refractivity contribution in [2.75, 3.05) is 0 Å². The Morgan fingerprint density at radius 3 is 2.94 bits per heavy atom.